The van der Waals surface area contributed by atoms with E-state index < -0.39 is 42.9 Å². The molecule has 3 aromatic rings. The second kappa shape index (κ2) is 14.8. The molecule has 0 radical (unpaired) electrons. The number of benzene rings is 3. The Labute approximate surface area is 268 Å². The van der Waals surface area contributed by atoms with Crippen molar-refractivity contribution < 1.29 is 38.4 Å². The SMILES string of the molecule is Cc1cc(NC(=O)OC[C@@H]2C[C@H](OC(=O)Nc3ccc(Cl)c(C)c3)[C@@H](OC(=O)Nc3ccc(Cl)c(C)c3)[C@H](O)O2)ccc1Cl. The Bertz CT molecular complexity index is 1540. The number of aryl methyl sites for hydroxylation is 3. The van der Waals surface area contributed by atoms with Crippen molar-refractivity contribution >= 4 is 70.1 Å². The zero-order valence-corrected chi connectivity index (χ0v) is 26.1. The topological polar surface area (TPSA) is 144 Å². The maximum absolute atomic E-state index is 12.8. The number of rotatable bonds is 7. The molecule has 4 rings (SSSR count). The van der Waals surface area contributed by atoms with Gasteiger partial charge >= 0.3 is 18.3 Å². The summed E-state index contributed by atoms with van der Waals surface area (Å²) in [6, 6.07) is 14.6. The molecule has 44 heavy (non-hydrogen) atoms. The first-order valence-corrected chi connectivity index (χ1v) is 14.5. The predicted octanol–water partition coefficient (Wildman–Crippen LogP) is 7.46. The van der Waals surface area contributed by atoms with Gasteiger partial charge in [0.2, 0.25) is 0 Å². The minimum Gasteiger partial charge on any atom is -0.447 e. The van der Waals surface area contributed by atoms with E-state index >= 15 is 0 Å². The number of anilines is 3. The molecule has 11 nitrogen and oxygen atoms in total. The Hall–Kier alpha value is -3.74. The summed E-state index contributed by atoms with van der Waals surface area (Å²) in [5.74, 6) is 0. The molecule has 0 unspecified atom stereocenters. The number of carbonyl (C=O) groups excluding carboxylic acids is 3. The summed E-state index contributed by atoms with van der Waals surface area (Å²) >= 11 is 18.1. The zero-order valence-electron chi connectivity index (χ0n) is 23.9. The fourth-order valence-electron chi connectivity index (χ4n) is 4.31. The van der Waals surface area contributed by atoms with Crippen LogP contribution < -0.4 is 16.0 Å². The third-order valence-electron chi connectivity index (χ3n) is 6.59. The van der Waals surface area contributed by atoms with Crippen molar-refractivity contribution in [3.8, 4) is 0 Å². The molecule has 4 atom stereocenters. The van der Waals surface area contributed by atoms with E-state index in [1.165, 1.54) is 0 Å². The van der Waals surface area contributed by atoms with Crippen molar-refractivity contribution in [2.24, 2.45) is 0 Å². The number of aliphatic hydroxyl groups is 1. The van der Waals surface area contributed by atoms with E-state index in [2.05, 4.69) is 16.0 Å². The summed E-state index contributed by atoms with van der Waals surface area (Å²) in [7, 11) is 0. The van der Waals surface area contributed by atoms with E-state index in [1.807, 2.05) is 0 Å². The lowest BCUT2D eigenvalue weighted by atomic mass is 10.0. The van der Waals surface area contributed by atoms with Crippen molar-refractivity contribution in [3.05, 3.63) is 86.4 Å². The van der Waals surface area contributed by atoms with Crippen LogP contribution in [0.4, 0.5) is 31.4 Å². The number of hydrogen-bond donors (Lipinski definition) is 4. The van der Waals surface area contributed by atoms with Crippen molar-refractivity contribution in [1.29, 1.82) is 0 Å². The van der Waals surface area contributed by atoms with E-state index in [-0.39, 0.29) is 13.0 Å². The summed E-state index contributed by atoms with van der Waals surface area (Å²) in [6.07, 6.45) is -7.96. The number of carbonyl (C=O) groups is 3. The van der Waals surface area contributed by atoms with Crippen LogP contribution in [0.1, 0.15) is 23.1 Å². The summed E-state index contributed by atoms with van der Waals surface area (Å²) in [4.78, 5) is 38.0. The number of ether oxygens (including phenoxy) is 4. The lowest BCUT2D eigenvalue weighted by Gasteiger charge is -2.38. The maximum Gasteiger partial charge on any atom is 0.412 e. The molecule has 0 aliphatic carbocycles. The van der Waals surface area contributed by atoms with Gasteiger partial charge in [-0.2, -0.15) is 0 Å². The van der Waals surface area contributed by atoms with Gasteiger partial charge in [0, 0.05) is 38.6 Å². The smallest absolute Gasteiger partial charge is 0.412 e. The quantitative estimate of drug-likeness (QED) is 0.190. The molecule has 3 aromatic carbocycles. The summed E-state index contributed by atoms with van der Waals surface area (Å²) in [5.41, 5.74) is 3.48. The van der Waals surface area contributed by atoms with Crippen LogP contribution in [0, 0.1) is 20.8 Å². The molecular weight excluding hydrogens is 637 g/mol. The van der Waals surface area contributed by atoms with Crippen molar-refractivity contribution in [1.82, 2.24) is 0 Å². The van der Waals surface area contributed by atoms with Crippen LogP contribution >= 0.6 is 34.8 Å². The Kier molecular flexibility index (Phi) is 11.2. The molecular formula is C30H30Cl3N3O8. The van der Waals surface area contributed by atoms with Gasteiger partial charge in [0.25, 0.3) is 0 Å². The second-order valence-electron chi connectivity index (χ2n) is 10.1. The van der Waals surface area contributed by atoms with E-state index in [0.29, 0.717) is 32.1 Å². The molecule has 14 heteroatoms. The largest absolute Gasteiger partial charge is 0.447 e. The average Bonchev–Trinajstić information content (AvgIpc) is 2.95. The van der Waals surface area contributed by atoms with Crippen molar-refractivity contribution in [2.75, 3.05) is 22.6 Å². The molecule has 1 saturated heterocycles. The zero-order chi connectivity index (χ0) is 32.0. The van der Waals surface area contributed by atoms with Crippen LogP contribution in [0.25, 0.3) is 0 Å². The van der Waals surface area contributed by atoms with E-state index in [0.717, 1.165) is 16.7 Å². The fourth-order valence-corrected chi connectivity index (χ4v) is 4.66. The van der Waals surface area contributed by atoms with Crippen LogP contribution in [-0.2, 0) is 18.9 Å². The Morgan fingerprint density at radius 1 is 0.750 bits per heavy atom. The highest BCUT2D eigenvalue weighted by Gasteiger charge is 2.43. The molecule has 0 bridgehead atoms. The molecule has 1 heterocycles. The first kappa shape index (κ1) is 33.2. The molecule has 234 valence electrons. The number of nitrogens with one attached hydrogen (secondary N) is 3. The monoisotopic (exact) mass is 665 g/mol. The van der Waals surface area contributed by atoms with Gasteiger partial charge in [-0.3, -0.25) is 16.0 Å². The van der Waals surface area contributed by atoms with Gasteiger partial charge < -0.3 is 24.1 Å². The Morgan fingerprint density at radius 3 is 1.64 bits per heavy atom. The minimum absolute atomic E-state index is 0.0878. The predicted molar refractivity (Wildman–Crippen MR) is 167 cm³/mol. The Balaban J connectivity index is 1.42. The molecule has 3 amide bonds. The second-order valence-corrected chi connectivity index (χ2v) is 11.3. The first-order chi connectivity index (χ1) is 20.9. The molecule has 1 fully saturated rings. The van der Waals surface area contributed by atoms with E-state index in [4.69, 9.17) is 53.8 Å². The summed E-state index contributed by atoms with van der Waals surface area (Å²) < 4.78 is 21.9. The van der Waals surface area contributed by atoms with Crippen molar-refractivity contribution in [3.63, 3.8) is 0 Å². The fraction of sp³-hybridized carbons (Fsp3) is 0.300. The van der Waals surface area contributed by atoms with Gasteiger partial charge in [-0.05, 0) is 92.1 Å². The first-order valence-electron chi connectivity index (χ1n) is 13.4. The van der Waals surface area contributed by atoms with Crippen LogP contribution in [0.2, 0.25) is 15.1 Å². The third-order valence-corrected chi connectivity index (χ3v) is 7.86. The lowest BCUT2D eigenvalue weighted by molar-refractivity contribution is -0.248. The highest BCUT2D eigenvalue weighted by molar-refractivity contribution is 6.32. The highest BCUT2D eigenvalue weighted by Crippen LogP contribution is 2.27. The number of aliphatic hydroxyl groups excluding tert-OH is 1. The average molecular weight is 667 g/mol. The molecule has 4 N–H and O–H groups in total. The standard InChI is InChI=1S/C30H30Cl3N3O8/c1-15-10-18(4-7-22(15)31)34-28(38)41-14-21-13-25(43-29(39)35-19-5-8-23(32)16(2)11-19)26(27(37)42-21)44-30(40)36-20-6-9-24(33)17(3)12-20/h4-12,21,25-27,37H,13-14H2,1-3H3,(H,34,38)(H,35,39)(H,36,40)/t21-,25-,26+,27+/m0/s1. The van der Waals surface area contributed by atoms with E-state index in [1.54, 1.807) is 75.4 Å². The van der Waals surface area contributed by atoms with Gasteiger partial charge in [-0.1, -0.05) is 34.8 Å². The normalized spacial score (nSPS) is 19.4. The molecule has 0 aromatic heterocycles. The van der Waals surface area contributed by atoms with Crippen molar-refractivity contribution in [2.45, 2.75) is 51.8 Å². The minimum atomic E-state index is -1.73. The van der Waals surface area contributed by atoms with Gasteiger partial charge in [-0.15, -0.1) is 0 Å². The summed E-state index contributed by atoms with van der Waals surface area (Å²) in [6.45, 7) is 5.01. The third kappa shape index (κ3) is 9.13. The van der Waals surface area contributed by atoms with Gasteiger partial charge in [0.1, 0.15) is 12.7 Å². The van der Waals surface area contributed by atoms with E-state index in [9.17, 15) is 19.5 Å². The number of amides is 3. The molecule has 1 aliphatic rings. The van der Waals surface area contributed by atoms with Crippen LogP contribution in [0.15, 0.2) is 54.6 Å². The lowest BCUT2D eigenvalue weighted by Crippen LogP contribution is -2.53. The molecule has 0 saturated carbocycles. The van der Waals surface area contributed by atoms with Gasteiger partial charge in [0.15, 0.2) is 12.4 Å². The number of hydrogen-bond acceptors (Lipinski definition) is 8. The van der Waals surface area contributed by atoms with Gasteiger partial charge in [-0.25, -0.2) is 14.4 Å². The maximum atomic E-state index is 12.8. The van der Waals surface area contributed by atoms with Crippen LogP contribution in [0.5, 0.6) is 0 Å². The number of halogens is 3. The Morgan fingerprint density at radius 2 is 1.18 bits per heavy atom. The van der Waals surface area contributed by atoms with Gasteiger partial charge in [0.05, 0.1) is 6.10 Å². The van der Waals surface area contributed by atoms with Crippen LogP contribution in [-0.4, -0.2) is 54.6 Å². The molecule has 1 aliphatic heterocycles. The highest BCUT2D eigenvalue weighted by atomic mass is 35.5. The van der Waals surface area contributed by atoms with Crippen LogP contribution in [0.3, 0.4) is 0 Å². The summed E-state index contributed by atoms with van der Waals surface area (Å²) in [5, 5.41) is 20.1. The molecule has 0 spiro atoms.